The number of hydrogen-bond acceptors (Lipinski definition) is 3. The molecule has 3 nitrogen and oxygen atoms in total. The molecule has 1 unspecified atom stereocenters. The van der Waals surface area contributed by atoms with Crippen LogP contribution in [0, 0.1) is 0 Å². The van der Waals surface area contributed by atoms with Crippen LogP contribution in [0.3, 0.4) is 0 Å². The molecule has 2 heterocycles. The molecule has 0 amide bonds. The minimum atomic E-state index is 0.250. The van der Waals surface area contributed by atoms with Gasteiger partial charge in [-0.15, -0.1) is 0 Å². The Labute approximate surface area is 85.0 Å². The van der Waals surface area contributed by atoms with Crippen molar-refractivity contribution in [3.63, 3.8) is 0 Å². The van der Waals surface area contributed by atoms with Crippen molar-refractivity contribution in [2.24, 2.45) is 4.99 Å². The van der Waals surface area contributed by atoms with E-state index in [1.54, 1.807) is 6.20 Å². The largest absolute Gasteiger partial charge is 0.474 e. The van der Waals surface area contributed by atoms with Crippen molar-refractivity contribution in [3.8, 4) is 0 Å². The first-order chi connectivity index (χ1) is 6.25. The Bertz CT molecular complexity index is 334. The van der Waals surface area contributed by atoms with Gasteiger partial charge >= 0.3 is 0 Å². The van der Waals surface area contributed by atoms with E-state index in [0.717, 1.165) is 10.2 Å². The number of hydrogen-bond donors (Lipinski definition) is 0. The van der Waals surface area contributed by atoms with Gasteiger partial charge in [-0.1, -0.05) is 0 Å². The summed E-state index contributed by atoms with van der Waals surface area (Å²) in [6.45, 7) is 2.68. The maximum Gasteiger partial charge on any atom is 0.235 e. The fourth-order valence-electron chi connectivity index (χ4n) is 1.12. The molecule has 0 saturated heterocycles. The van der Waals surface area contributed by atoms with E-state index in [4.69, 9.17) is 4.74 Å². The van der Waals surface area contributed by atoms with Gasteiger partial charge in [0.05, 0.1) is 6.04 Å². The molecule has 0 fully saturated rings. The summed E-state index contributed by atoms with van der Waals surface area (Å²) in [5.41, 5.74) is 0.799. The zero-order valence-corrected chi connectivity index (χ0v) is 8.78. The number of rotatable bonds is 1. The summed E-state index contributed by atoms with van der Waals surface area (Å²) in [6.07, 6.45) is 1.74. The lowest BCUT2D eigenvalue weighted by atomic mass is 10.3. The van der Waals surface area contributed by atoms with E-state index in [2.05, 4.69) is 25.9 Å². The number of halogens is 1. The molecule has 1 aliphatic heterocycles. The van der Waals surface area contributed by atoms with Crippen LogP contribution in [-0.4, -0.2) is 23.5 Å². The summed E-state index contributed by atoms with van der Waals surface area (Å²) in [7, 11) is 0. The molecule has 0 spiro atoms. The molecule has 0 N–H and O–H groups in total. The summed E-state index contributed by atoms with van der Waals surface area (Å²) in [6, 6.07) is 4.07. The minimum absolute atomic E-state index is 0.250. The Hall–Kier alpha value is -0.900. The van der Waals surface area contributed by atoms with Gasteiger partial charge in [0.2, 0.25) is 5.90 Å². The highest BCUT2D eigenvalue weighted by Crippen LogP contribution is 2.12. The van der Waals surface area contributed by atoms with Gasteiger partial charge in [0.1, 0.15) is 12.3 Å². The van der Waals surface area contributed by atoms with Crippen molar-refractivity contribution in [2.75, 3.05) is 6.61 Å². The SMILES string of the molecule is CC1COC(c2ccc(Br)cn2)=N1. The molecular formula is C9H9BrN2O. The molecule has 1 aromatic rings. The van der Waals surface area contributed by atoms with Crippen molar-refractivity contribution in [1.29, 1.82) is 0 Å². The average Bonchev–Trinajstić information content (AvgIpc) is 2.53. The number of aliphatic imine (C=N–C) groups is 1. The van der Waals surface area contributed by atoms with Crippen LogP contribution in [0.1, 0.15) is 12.6 Å². The Balaban J connectivity index is 2.26. The Morgan fingerprint density at radius 2 is 2.38 bits per heavy atom. The number of aromatic nitrogens is 1. The fourth-order valence-corrected chi connectivity index (χ4v) is 1.35. The van der Waals surface area contributed by atoms with E-state index < -0.39 is 0 Å². The molecule has 0 aromatic carbocycles. The van der Waals surface area contributed by atoms with Crippen LogP contribution in [0.4, 0.5) is 0 Å². The third kappa shape index (κ3) is 1.88. The van der Waals surface area contributed by atoms with Crippen LogP contribution in [0.5, 0.6) is 0 Å². The molecule has 13 heavy (non-hydrogen) atoms. The normalized spacial score (nSPS) is 21.1. The van der Waals surface area contributed by atoms with Crippen molar-refractivity contribution in [1.82, 2.24) is 4.98 Å². The average molecular weight is 241 g/mol. The summed E-state index contributed by atoms with van der Waals surface area (Å²) in [4.78, 5) is 8.50. The highest BCUT2D eigenvalue weighted by molar-refractivity contribution is 9.10. The highest BCUT2D eigenvalue weighted by atomic mass is 79.9. The molecule has 1 aliphatic rings. The number of nitrogens with zero attached hydrogens (tertiary/aromatic N) is 2. The van der Waals surface area contributed by atoms with Crippen molar-refractivity contribution >= 4 is 21.8 Å². The van der Waals surface area contributed by atoms with Crippen LogP contribution in [-0.2, 0) is 4.74 Å². The summed E-state index contributed by atoms with van der Waals surface area (Å²) in [5.74, 6) is 0.653. The minimum Gasteiger partial charge on any atom is -0.474 e. The predicted octanol–water partition coefficient (Wildman–Crippen LogP) is 2.01. The summed E-state index contributed by atoms with van der Waals surface area (Å²) >= 11 is 3.32. The lowest BCUT2D eigenvalue weighted by molar-refractivity contribution is 0.323. The van der Waals surface area contributed by atoms with E-state index in [-0.39, 0.29) is 6.04 Å². The van der Waals surface area contributed by atoms with Crippen LogP contribution in [0.15, 0.2) is 27.8 Å². The van der Waals surface area contributed by atoms with Gasteiger partial charge in [-0.25, -0.2) is 4.99 Å². The Morgan fingerprint density at radius 3 is 2.92 bits per heavy atom. The van der Waals surface area contributed by atoms with Gasteiger partial charge < -0.3 is 4.74 Å². The zero-order valence-electron chi connectivity index (χ0n) is 7.20. The van der Waals surface area contributed by atoms with Crippen LogP contribution in [0.25, 0.3) is 0 Å². The predicted molar refractivity (Wildman–Crippen MR) is 53.9 cm³/mol. The second-order valence-corrected chi connectivity index (χ2v) is 3.87. The first-order valence-electron chi connectivity index (χ1n) is 4.08. The third-order valence-corrected chi connectivity index (χ3v) is 2.21. The maximum absolute atomic E-state index is 5.36. The van der Waals surface area contributed by atoms with Crippen LogP contribution >= 0.6 is 15.9 Å². The molecule has 2 rings (SSSR count). The second kappa shape index (κ2) is 3.46. The van der Waals surface area contributed by atoms with Gasteiger partial charge in [0, 0.05) is 10.7 Å². The first-order valence-corrected chi connectivity index (χ1v) is 4.87. The van der Waals surface area contributed by atoms with Gasteiger partial charge in [-0.05, 0) is 35.0 Å². The number of pyridine rings is 1. The quantitative estimate of drug-likeness (QED) is 0.753. The van der Waals surface area contributed by atoms with E-state index in [1.807, 2.05) is 19.1 Å². The molecular weight excluding hydrogens is 232 g/mol. The standard InChI is InChI=1S/C9H9BrN2O/c1-6-5-13-9(12-6)8-3-2-7(10)4-11-8/h2-4,6H,5H2,1H3. The molecule has 4 heteroatoms. The maximum atomic E-state index is 5.36. The van der Waals surface area contributed by atoms with E-state index in [9.17, 15) is 0 Å². The van der Waals surface area contributed by atoms with E-state index in [0.29, 0.717) is 12.5 Å². The highest BCUT2D eigenvalue weighted by Gasteiger charge is 2.16. The summed E-state index contributed by atoms with van der Waals surface area (Å²) < 4.78 is 6.32. The van der Waals surface area contributed by atoms with Gasteiger partial charge in [0.15, 0.2) is 0 Å². The molecule has 0 bridgehead atoms. The molecule has 0 saturated carbocycles. The van der Waals surface area contributed by atoms with Gasteiger partial charge in [-0.3, -0.25) is 4.98 Å². The van der Waals surface area contributed by atoms with Crippen molar-refractivity contribution in [2.45, 2.75) is 13.0 Å². The number of ether oxygens (including phenoxy) is 1. The van der Waals surface area contributed by atoms with Crippen molar-refractivity contribution in [3.05, 3.63) is 28.5 Å². The zero-order chi connectivity index (χ0) is 9.26. The summed E-state index contributed by atoms with van der Waals surface area (Å²) in [5, 5.41) is 0. The van der Waals surface area contributed by atoms with Crippen LogP contribution < -0.4 is 0 Å². The second-order valence-electron chi connectivity index (χ2n) is 2.96. The van der Waals surface area contributed by atoms with Crippen LogP contribution in [0.2, 0.25) is 0 Å². The molecule has 68 valence electrons. The van der Waals surface area contributed by atoms with E-state index in [1.165, 1.54) is 0 Å². The monoisotopic (exact) mass is 240 g/mol. The van der Waals surface area contributed by atoms with Gasteiger partial charge in [-0.2, -0.15) is 0 Å². The fraction of sp³-hybridized carbons (Fsp3) is 0.333. The van der Waals surface area contributed by atoms with Crippen molar-refractivity contribution < 1.29 is 4.74 Å². The van der Waals surface area contributed by atoms with E-state index >= 15 is 0 Å². The first kappa shape index (κ1) is 8.69. The lowest BCUT2D eigenvalue weighted by Gasteiger charge is -1.99. The third-order valence-electron chi connectivity index (χ3n) is 1.75. The molecule has 1 atom stereocenters. The Kier molecular flexibility index (Phi) is 2.31. The molecule has 1 aromatic heterocycles. The van der Waals surface area contributed by atoms with Gasteiger partial charge in [0.25, 0.3) is 0 Å². The Morgan fingerprint density at radius 1 is 1.54 bits per heavy atom. The smallest absolute Gasteiger partial charge is 0.235 e. The lowest BCUT2D eigenvalue weighted by Crippen LogP contribution is -2.03. The topological polar surface area (TPSA) is 34.5 Å². The molecule has 0 radical (unpaired) electrons. The molecule has 0 aliphatic carbocycles.